The van der Waals surface area contributed by atoms with Crippen LogP contribution in [0.5, 0.6) is 5.75 Å². The van der Waals surface area contributed by atoms with Crippen molar-refractivity contribution < 1.29 is 23.8 Å². The van der Waals surface area contributed by atoms with Gasteiger partial charge in [-0.05, 0) is 71.1 Å². The van der Waals surface area contributed by atoms with E-state index < -0.39 is 25.9 Å². The summed E-state index contributed by atoms with van der Waals surface area (Å²) in [7, 11) is -0.621. The molecule has 0 heterocycles. The van der Waals surface area contributed by atoms with Crippen LogP contribution in [0.4, 0.5) is 5.69 Å². The van der Waals surface area contributed by atoms with Crippen LogP contribution in [0.3, 0.4) is 0 Å². The first kappa shape index (κ1) is 39.8. The van der Waals surface area contributed by atoms with Crippen LogP contribution >= 0.6 is 0 Å². The fraction of sp³-hybridized carbons (Fsp3) is 0.386. The fourth-order valence-electron chi connectivity index (χ4n) is 5.89. The third kappa shape index (κ3) is 12.0. The third-order valence-electron chi connectivity index (χ3n) is 9.89. The van der Waals surface area contributed by atoms with Crippen LogP contribution in [-0.2, 0) is 20.6 Å². The second kappa shape index (κ2) is 18.0. The summed E-state index contributed by atoms with van der Waals surface area (Å²) in [5.74, 6) is 0.650. The molecule has 0 saturated carbocycles. The minimum absolute atomic E-state index is 0.0613. The number of para-hydroxylation sites is 1. The summed E-state index contributed by atoms with van der Waals surface area (Å²) in [5, 5.41) is 14.8. The molecule has 0 aliphatic heterocycles. The van der Waals surface area contributed by atoms with Gasteiger partial charge in [0.1, 0.15) is 5.75 Å². The van der Waals surface area contributed by atoms with Crippen LogP contribution in [0.15, 0.2) is 121 Å². The quantitative estimate of drug-likeness (QED) is 0.107. The van der Waals surface area contributed by atoms with Gasteiger partial charge in [-0.3, -0.25) is 4.79 Å². The Balaban J connectivity index is 1.64. The zero-order valence-corrected chi connectivity index (χ0v) is 32.7. The van der Waals surface area contributed by atoms with Gasteiger partial charge in [0.2, 0.25) is 5.91 Å². The van der Waals surface area contributed by atoms with E-state index in [0.717, 1.165) is 33.7 Å². The number of aliphatic hydroxyl groups excluding tert-OH is 1. The van der Waals surface area contributed by atoms with Crippen LogP contribution in [0.1, 0.15) is 70.6 Å². The number of benzene rings is 4. The molecule has 0 unspecified atom stereocenters. The summed E-state index contributed by atoms with van der Waals surface area (Å²) < 4.78 is 18.9. The van der Waals surface area contributed by atoms with E-state index in [9.17, 15) is 9.90 Å². The lowest BCUT2D eigenvalue weighted by atomic mass is 9.79. The van der Waals surface area contributed by atoms with Crippen LogP contribution in [0.2, 0.25) is 18.1 Å². The first-order valence-electron chi connectivity index (χ1n) is 18.0. The minimum atomic E-state index is -2.28. The predicted molar refractivity (Wildman–Crippen MR) is 212 cm³/mol. The van der Waals surface area contributed by atoms with Crippen molar-refractivity contribution in [1.82, 2.24) is 0 Å². The molecule has 0 saturated heterocycles. The largest absolute Gasteiger partial charge is 0.497 e. The highest BCUT2D eigenvalue weighted by molar-refractivity contribution is 6.74. The second-order valence-corrected chi connectivity index (χ2v) is 20.3. The summed E-state index contributed by atoms with van der Waals surface area (Å²) in [6.45, 7) is 15.6. The van der Waals surface area contributed by atoms with Crippen LogP contribution < -0.4 is 10.1 Å². The molecule has 4 rings (SSSR count). The van der Waals surface area contributed by atoms with Gasteiger partial charge in [0, 0.05) is 17.5 Å². The molecule has 1 amide bonds. The van der Waals surface area contributed by atoms with Crippen molar-refractivity contribution in [3.63, 3.8) is 0 Å². The molecular weight excluding hydrogens is 651 g/mol. The van der Waals surface area contributed by atoms with Crippen molar-refractivity contribution in [2.24, 2.45) is 5.41 Å². The standard InChI is InChI=1S/C44H57NO5Si/c1-43(2,3)51(7,8)50-39(30-42(47)45-36-22-16-11-17-23-36)28-37(46)29-41(49-32-33-24-26-38(48-6)27-25-33)44(4,5)31-40(34-18-12-9-13-19-34)35-20-14-10-15-21-35/h9-27,31,37,39,41,46H,28-30,32H2,1-8H3,(H,45,47)/t37-,39-,41+/m1/s1. The van der Waals surface area contributed by atoms with E-state index in [4.69, 9.17) is 13.9 Å². The van der Waals surface area contributed by atoms with Gasteiger partial charge in [0.05, 0.1) is 38.4 Å². The lowest BCUT2D eigenvalue weighted by Gasteiger charge is -2.40. The topological polar surface area (TPSA) is 77.0 Å². The molecule has 0 aliphatic carbocycles. The van der Waals surface area contributed by atoms with Gasteiger partial charge >= 0.3 is 0 Å². The van der Waals surface area contributed by atoms with E-state index in [1.54, 1.807) is 7.11 Å². The van der Waals surface area contributed by atoms with E-state index >= 15 is 0 Å². The van der Waals surface area contributed by atoms with Gasteiger partial charge in [-0.2, -0.15) is 0 Å². The van der Waals surface area contributed by atoms with Crippen LogP contribution in [-0.4, -0.2) is 44.8 Å². The fourth-order valence-corrected chi connectivity index (χ4v) is 7.26. The zero-order chi connectivity index (χ0) is 37.1. The number of nitrogens with one attached hydrogen (secondary N) is 1. The maximum atomic E-state index is 13.3. The number of rotatable bonds is 17. The Hall–Kier alpha value is -4.01. The predicted octanol–water partition coefficient (Wildman–Crippen LogP) is 10.3. The van der Waals surface area contributed by atoms with E-state index in [1.165, 1.54) is 0 Å². The Bertz CT molecular complexity index is 1620. The summed E-state index contributed by atoms with van der Waals surface area (Å²) in [5.41, 5.74) is 4.57. The number of carbonyl (C=O) groups excluding carboxylic acids is 1. The summed E-state index contributed by atoms with van der Waals surface area (Å²) >= 11 is 0. The lowest BCUT2D eigenvalue weighted by Crippen LogP contribution is -2.46. The first-order chi connectivity index (χ1) is 24.2. The summed E-state index contributed by atoms with van der Waals surface area (Å²) in [6, 6.07) is 38.1. The molecule has 0 bridgehead atoms. The highest BCUT2D eigenvalue weighted by Gasteiger charge is 2.40. The lowest BCUT2D eigenvalue weighted by molar-refractivity contribution is -0.118. The van der Waals surface area contributed by atoms with Crippen molar-refractivity contribution in [3.05, 3.63) is 138 Å². The number of aliphatic hydroxyl groups is 1. The summed E-state index contributed by atoms with van der Waals surface area (Å²) in [6.07, 6.45) is 1.47. The van der Waals surface area contributed by atoms with Gasteiger partial charge in [-0.15, -0.1) is 0 Å². The second-order valence-electron chi connectivity index (χ2n) is 15.5. The number of carbonyl (C=O) groups is 1. The normalized spacial score (nSPS) is 13.9. The van der Waals surface area contributed by atoms with Crippen molar-refractivity contribution in [1.29, 1.82) is 0 Å². The number of methoxy groups -OCH3 is 1. The van der Waals surface area contributed by atoms with Crippen molar-refractivity contribution in [2.45, 2.75) is 96.9 Å². The molecule has 0 spiro atoms. The van der Waals surface area contributed by atoms with Crippen LogP contribution in [0, 0.1) is 5.41 Å². The van der Waals surface area contributed by atoms with E-state index in [1.807, 2.05) is 66.7 Å². The number of amides is 1. The number of hydrogen-bond acceptors (Lipinski definition) is 5. The Morgan fingerprint density at radius 3 is 1.82 bits per heavy atom. The van der Waals surface area contributed by atoms with Gasteiger partial charge < -0.3 is 24.3 Å². The van der Waals surface area contributed by atoms with Crippen molar-refractivity contribution >= 4 is 25.5 Å². The number of ether oxygens (including phenoxy) is 2. The third-order valence-corrected chi connectivity index (χ3v) is 14.4. The molecule has 0 radical (unpaired) electrons. The number of anilines is 1. The Kier molecular flexibility index (Phi) is 14.0. The van der Waals surface area contributed by atoms with Crippen molar-refractivity contribution in [2.75, 3.05) is 12.4 Å². The van der Waals surface area contributed by atoms with Gasteiger partial charge in [0.25, 0.3) is 0 Å². The van der Waals surface area contributed by atoms with Crippen molar-refractivity contribution in [3.8, 4) is 5.75 Å². The SMILES string of the molecule is COc1ccc(CO[C@@H](C[C@H](O)C[C@H](CC(=O)Nc2ccccc2)O[Si](C)(C)C(C)(C)C)C(C)(C)C=C(c2ccccc2)c2ccccc2)cc1. The van der Waals surface area contributed by atoms with Gasteiger partial charge in [-0.1, -0.05) is 132 Å². The van der Waals surface area contributed by atoms with E-state index in [0.29, 0.717) is 19.4 Å². The smallest absolute Gasteiger partial charge is 0.226 e. The molecule has 272 valence electrons. The Labute approximate surface area is 307 Å². The molecule has 0 aromatic heterocycles. The molecule has 51 heavy (non-hydrogen) atoms. The van der Waals surface area contributed by atoms with Gasteiger partial charge in [0.15, 0.2) is 8.32 Å². The molecule has 6 nitrogen and oxygen atoms in total. The minimum Gasteiger partial charge on any atom is -0.497 e. The molecule has 7 heteroatoms. The first-order valence-corrected chi connectivity index (χ1v) is 20.9. The Morgan fingerprint density at radius 1 is 0.784 bits per heavy atom. The van der Waals surface area contributed by atoms with Gasteiger partial charge in [-0.25, -0.2) is 0 Å². The monoisotopic (exact) mass is 707 g/mol. The maximum Gasteiger partial charge on any atom is 0.226 e. The zero-order valence-electron chi connectivity index (χ0n) is 31.7. The van der Waals surface area contributed by atoms with Crippen LogP contribution in [0.25, 0.3) is 5.57 Å². The molecule has 3 atom stereocenters. The average molecular weight is 708 g/mol. The average Bonchev–Trinajstić information content (AvgIpc) is 3.09. The molecule has 0 fully saturated rings. The molecular formula is C44H57NO5Si. The highest BCUT2D eigenvalue weighted by Crippen LogP contribution is 2.39. The van der Waals surface area contributed by atoms with E-state index in [-0.39, 0.29) is 23.5 Å². The molecule has 0 aliphatic rings. The highest BCUT2D eigenvalue weighted by atomic mass is 28.4. The molecule has 2 N–H and O–H groups in total. The van der Waals surface area contributed by atoms with E-state index in [2.05, 4.69) is 108 Å². The molecule has 4 aromatic rings. The molecule has 4 aromatic carbocycles. The number of hydrogen-bond donors (Lipinski definition) is 2. The maximum absolute atomic E-state index is 13.3. The summed E-state index contributed by atoms with van der Waals surface area (Å²) in [4.78, 5) is 13.3. The Morgan fingerprint density at radius 2 is 1.31 bits per heavy atom.